The Balaban J connectivity index is 2.32. The number of nitrogens with one attached hydrogen (secondary N) is 1. The van der Waals surface area contributed by atoms with E-state index >= 15 is 0 Å². The van der Waals surface area contributed by atoms with E-state index in [0.29, 0.717) is 19.2 Å². The van der Waals surface area contributed by atoms with Crippen molar-refractivity contribution in [3.63, 3.8) is 0 Å². The number of anilines is 2. The first kappa shape index (κ1) is 14.4. The Morgan fingerprint density at radius 1 is 1.60 bits per heavy atom. The number of pyridine rings is 1. The molecule has 1 atom stereocenters. The highest BCUT2D eigenvalue weighted by Crippen LogP contribution is 2.24. The zero-order valence-electron chi connectivity index (χ0n) is 11.0. The van der Waals surface area contributed by atoms with Crippen LogP contribution in [0.4, 0.5) is 20.4 Å². The summed E-state index contributed by atoms with van der Waals surface area (Å²) in [5.74, 6) is -2.61. The number of nitrogens with two attached hydrogens (primary N) is 1. The summed E-state index contributed by atoms with van der Waals surface area (Å²) in [6.07, 6.45) is 0. The van der Waals surface area contributed by atoms with E-state index in [1.165, 1.54) is 4.90 Å². The molecule has 1 aromatic heterocycles. The third kappa shape index (κ3) is 2.79. The highest BCUT2D eigenvalue weighted by Gasteiger charge is 2.32. The van der Waals surface area contributed by atoms with Gasteiger partial charge in [-0.3, -0.25) is 4.79 Å². The Labute approximate surface area is 114 Å². The van der Waals surface area contributed by atoms with Crippen molar-refractivity contribution >= 4 is 17.5 Å². The van der Waals surface area contributed by atoms with Gasteiger partial charge in [0.15, 0.2) is 23.3 Å². The molecule has 2 heterocycles. The molecular weight excluding hydrogens is 270 g/mol. The number of carbonyl (C=O) groups excluding carboxylic acids is 1. The van der Waals surface area contributed by atoms with Gasteiger partial charge in [0.2, 0.25) is 5.91 Å². The summed E-state index contributed by atoms with van der Waals surface area (Å²) in [4.78, 5) is 17.1. The molecule has 110 valence electrons. The standard InChI is InChI=1S/C12H16F2N4O2/c1-2-16-12(19)9-6-20-4-3-18(9)11-8(14)5-7(13)10(15)17-11/h5,9H,2-4,6H2,1H3,(H2,15,17)(H,16,19). The lowest BCUT2D eigenvalue weighted by Gasteiger charge is -2.35. The lowest BCUT2D eigenvalue weighted by Crippen LogP contribution is -2.54. The number of carbonyl (C=O) groups is 1. The summed E-state index contributed by atoms with van der Waals surface area (Å²) in [5.41, 5.74) is 5.37. The van der Waals surface area contributed by atoms with Gasteiger partial charge in [0.05, 0.1) is 13.2 Å². The number of likely N-dealkylation sites (N-methyl/N-ethyl adjacent to an activating group) is 1. The molecule has 0 bridgehead atoms. The fraction of sp³-hybridized carbons (Fsp3) is 0.500. The minimum atomic E-state index is -0.922. The van der Waals surface area contributed by atoms with Gasteiger partial charge >= 0.3 is 0 Å². The molecule has 0 aromatic carbocycles. The van der Waals surface area contributed by atoms with Crippen LogP contribution in [0.25, 0.3) is 0 Å². The first-order chi connectivity index (χ1) is 9.54. The molecule has 0 spiro atoms. The van der Waals surface area contributed by atoms with Gasteiger partial charge in [-0.15, -0.1) is 0 Å². The van der Waals surface area contributed by atoms with Gasteiger partial charge in [0.1, 0.15) is 6.04 Å². The quantitative estimate of drug-likeness (QED) is 0.834. The molecule has 2 rings (SSSR count). The average Bonchev–Trinajstić information content (AvgIpc) is 2.43. The van der Waals surface area contributed by atoms with E-state index in [0.717, 1.165) is 0 Å². The fourth-order valence-electron chi connectivity index (χ4n) is 2.04. The smallest absolute Gasteiger partial charge is 0.245 e. The number of nitrogen functional groups attached to an aromatic ring is 1. The van der Waals surface area contributed by atoms with Crippen LogP contribution >= 0.6 is 0 Å². The maximum absolute atomic E-state index is 13.9. The fourth-order valence-corrected chi connectivity index (χ4v) is 2.04. The van der Waals surface area contributed by atoms with E-state index in [-0.39, 0.29) is 24.9 Å². The Hall–Kier alpha value is -1.96. The largest absolute Gasteiger partial charge is 0.381 e. The van der Waals surface area contributed by atoms with Gasteiger partial charge in [0.25, 0.3) is 0 Å². The summed E-state index contributed by atoms with van der Waals surface area (Å²) in [5, 5.41) is 2.64. The molecule has 1 amide bonds. The van der Waals surface area contributed by atoms with Crippen LogP contribution in [0.3, 0.4) is 0 Å². The molecule has 1 aliphatic heterocycles. The van der Waals surface area contributed by atoms with Crippen LogP contribution in [0.5, 0.6) is 0 Å². The van der Waals surface area contributed by atoms with Gasteiger partial charge in [-0.05, 0) is 6.92 Å². The Bertz CT molecular complexity index is 512. The van der Waals surface area contributed by atoms with Gasteiger partial charge in [-0.1, -0.05) is 0 Å². The minimum Gasteiger partial charge on any atom is -0.381 e. The molecule has 1 aliphatic rings. The van der Waals surface area contributed by atoms with E-state index in [9.17, 15) is 13.6 Å². The molecule has 20 heavy (non-hydrogen) atoms. The Kier molecular flexibility index (Phi) is 4.33. The summed E-state index contributed by atoms with van der Waals surface area (Å²) in [6.45, 7) is 2.95. The number of hydrogen-bond acceptors (Lipinski definition) is 5. The monoisotopic (exact) mass is 286 g/mol. The molecule has 0 saturated carbocycles. The van der Waals surface area contributed by atoms with Crippen molar-refractivity contribution in [2.45, 2.75) is 13.0 Å². The Morgan fingerprint density at radius 2 is 2.35 bits per heavy atom. The molecule has 0 aliphatic carbocycles. The second kappa shape index (κ2) is 6.00. The Morgan fingerprint density at radius 3 is 3.05 bits per heavy atom. The summed E-state index contributed by atoms with van der Waals surface area (Å²) in [6, 6.07) is -0.0439. The third-order valence-corrected chi connectivity index (χ3v) is 2.99. The first-order valence-electron chi connectivity index (χ1n) is 6.28. The SMILES string of the molecule is CCNC(=O)C1COCCN1c1nc(N)c(F)cc1F. The molecule has 1 fully saturated rings. The molecular formula is C12H16F2N4O2. The number of ether oxygens (including phenoxy) is 1. The molecule has 0 radical (unpaired) electrons. The van der Waals surface area contributed by atoms with Gasteiger partial charge < -0.3 is 20.7 Å². The highest BCUT2D eigenvalue weighted by molar-refractivity contribution is 5.85. The maximum Gasteiger partial charge on any atom is 0.245 e. The normalized spacial score (nSPS) is 18.9. The van der Waals surface area contributed by atoms with Crippen LogP contribution in [0.1, 0.15) is 6.92 Å². The summed E-state index contributed by atoms with van der Waals surface area (Å²) < 4.78 is 32.3. The molecule has 1 aromatic rings. The second-order valence-electron chi connectivity index (χ2n) is 4.34. The molecule has 6 nitrogen and oxygen atoms in total. The zero-order chi connectivity index (χ0) is 14.7. The average molecular weight is 286 g/mol. The van der Waals surface area contributed by atoms with Gasteiger partial charge in [-0.25, -0.2) is 13.8 Å². The van der Waals surface area contributed by atoms with Crippen molar-refractivity contribution < 1.29 is 18.3 Å². The predicted octanol–water partition coefficient (Wildman–Crippen LogP) is 0.283. The first-order valence-corrected chi connectivity index (χ1v) is 6.28. The molecule has 8 heteroatoms. The zero-order valence-corrected chi connectivity index (χ0v) is 11.0. The molecule has 1 unspecified atom stereocenters. The van der Waals surface area contributed by atoms with Crippen molar-refractivity contribution in [3.8, 4) is 0 Å². The van der Waals surface area contributed by atoms with E-state index in [2.05, 4.69) is 10.3 Å². The van der Waals surface area contributed by atoms with Crippen molar-refractivity contribution in [1.82, 2.24) is 10.3 Å². The maximum atomic E-state index is 13.9. The summed E-state index contributed by atoms with van der Waals surface area (Å²) >= 11 is 0. The van der Waals surface area contributed by atoms with Gasteiger partial charge in [0, 0.05) is 19.2 Å². The van der Waals surface area contributed by atoms with Crippen LogP contribution in [0, 0.1) is 11.6 Å². The summed E-state index contributed by atoms with van der Waals surface area (Å²) in [7, 11) is 0. The van der Waals surface area contributed by atoms with Crippen molar-refractivity contribution in [2.24, 2.45) is 0 Å². The number of morpholine rings is 1. The van der Waals surface area contributed by atoms with E-state index in [1.807, 2.05) is 0 Å². The number of nitrogens with zero attached hydrogens (tertiary/aromatic N) is 2. The van der Waals surface area contributed by atoms with Gasteiger partial charge in [-0.2, -0.15) is 0 Å². The minimum absolute atomic E-state index is 0.115. The number of hydrogen-bond donors (Lipinski definition) is 2. The van der Waals surface area contributed by atoms with E-state index in [4.69, 9.17) is 10.5 Å². The number of rotatable bonds is 3. The lowest BCUT2D eigenvalue weighted by molar-refractivity contribution is -0.124. The van der Waals surface area contributed by atoms with E-state index < -0.39 is 23.5 Å². The third-order valence-electron chi connectivity index (χ3n) is 2.99. The second-order valence-corrected chi connectivity index (χ2v) is 4.34. The van der Waals surface area contributed by atoms with Crippen molar-refractivity contribution in [2.75, 3.05) is 36.9 Å². The van der Waals surface area contributed by atoms with Crippen molar-refractivity contribution in [3.05, 3.63) is 17.7 Å². The van der Waals surface area contributed by atoms with Crippen LogP contribution in [0.2, 0.25) is 0 Å². The van der Waals surface area contributed by atoms with Crippen LogP contribution < -0.4 is 16.0 Å². The predicted molar refractivity (Wildman–Crippen MR) is 69.2 cm³/mol. The highest BCUT2D eigenvalue weighted by atomic mass is 19.1. The van der Waals surface area contributed by atoms with Crippen LogP contribution in [-0.2, 0) is 9.53 Å². The number of halogens is 2. The lowest BCUT2D eigenvalue weighted by atomic mass is 10.2. The number of amides is 1. The number of aromatic nitrogens is 1. The topological polar surface area (TPSA) is 80.5 Å². The van der Waals surface area contributed by atoms with E-state index in [1.54, 1.807) is 6.92 Å². The van der Waals surface area contributed by atoms with Crippen LogP contribution in [-0.4, -0.2) is 43.2 Å². The molecule has 1 saturated heterocycles. The van der Waals surface area contributed by atoms with Crippen molar-refractivity contribution in [1.29, 1.82) is 0 Å². The molecule has 3 N–H and O–H groups in total. The van der Waals surface area contributed by atoms with Crippen LogP contribution in [0.15, 0.2) is 6.07 Å².